The van der Waals surface area contributed by atoms with Crippen LogP contribution < -0.4 is 5.73 Å². The van der Waals surface area contributed by atoms with Crippen LogP contribution in [0.3, 0.4) is 0 Å². The molecule has 0 atom stereocenters. The van der Waals surface area contributed by atoms with E-state index in [2.05, 4.69) is 0 Å². The second-order valence-electron chi connectivity index (χ2n) is 2.71. The number of esters is 1. The van der Waals surface area contributed by atoms with Crippen molar-refractivity contribution in [2.24, 2.45) is 5.73 Å². The van der Waals surface area contributed by atoms with Gasteiger partial charge in [-0.3, -0.25) is 0 Å². The number of hydrogen-bond donors (Lipinski definition) is 1. The molecule has 13 heavy (non-hydrogen) atoms. The Bertz CT molecular complexity index is 169. The number of nitrogens with zero attached hydrogens (tertiary/aromatic N) is 1. The number of carbonyl (C=O) groups is 1. The van der Waals surface area contributed by atoms with E-state index in [0.717, 1.165) is 13.1 Å². The van der Waals surface area contributed by atoms with Gasteiger partial charge in [0.05, 0.1) is 6.61 Å². The summed E-state index contributed by atoms with van der Waals surface area (Å²) in [4.78, 5) is 12.9. The maximum Gasteiger partial charge on any atom is 0.330 e. The molecule has 0 rings (SSSR count). The second kappa shape index (κ2) is 7.76. The molecule has 0 aliphatic rings. The van der Waals surface area contributed by atoms with Crippen LogP contribution in [-0.4, -0.2) is 44.2 Å². The molecule has 0 spiro atoms. The predicted octanol–water partition coefficient (Wildman–Crippen LogP) is -0.00380. The topological polar surface area (TPSA) is 55.6 Å². The zero-order chi connectivity index (χ0) is 10.1. The highest BCUT2D eigenvalue weighted by molar-refractivity contribution is 5.81. The minimum absolute atomic E-state index is 0.288. The molecule has 4 nitrogen and oxygen atoms in total. The zero-order valence-corrected chi connectivity index (χ0v) is 8.32. The lowest BCUT2D eigenvalue weighted by atomic mass is 10.4. The van der Waals surface area contributed by atoms with Gasteiger partial charge in [-0.1, -0.05) is 6.08 Å². The van der Waals surface area contributed by atoms with Crippen molar-refractivity contribution in [1.29, 1.82) is 0 Å². The Morgan fingerprint density at radius 3 is 2.85 bits per heavy atom. The van der Waals surface area contributed by atoms with Gasteiger partial charge in [0.15, 0.2) is 0 Å². The highest BCUT2D eigenvalue weighted by Gasteiger charge is 1.94. The number of likely N-dealkylation sites (N-methyl/N-ethyl adjacent to an activating group) is 1. The fourth-order valence-corrected chi connectivity index (χ4v) is 0.831. The SMILES string of the molecule is CCOC(=O)/C=C/CN(C)CCN. The van der Waals surface area contributed by atoms with E-state index in [9.17, 15) is 4.79 Å². The Morgan fingerprint density at radius 1 is 1.62 bits per heavy atom. The summed E-state index contributed by atoms with van der Waals surface area (Å²) in [5.74, 6) is -0.288. The lowest BCUT2D eigenvalue weighted by Gasteiger charge is -2.11. The molecule has 0 amide bonds. The summed E-state index contributed by atoms with van der Waals surface area (Å²) in [6.45, 7) is 4.38. The molecule has 2 N–H and O–H groups in total. The van der Waals surface area contributed by atoms with Gasteiger partial charge in [-0.25, -0.2) is 4.79 Å². The number of nitrogens with two attached hydrogens (primary N) is 1. The zero-order valence-electron chi connectivity index (χ0n) is 8.32. The maximum atomic E-state index is 10.8. The van der Waals surface area contributed by atoms with Crippen molar-refractivity contribution >= 4 is 5.97 Å². The van der Waals surface area contributed by atoms with Crippen LogP contribution in [0.4, 0.5) is 0 Å². The molecule has 0 saturated carbocycles. The Kier molecular flexibility index (Phi) is 7.24. The summed E-state index contributed by atoms with van der Waals surface area (Å²) in [6, 6.07) is 0. The standard InChI is InChI=1S/C9H18N2O2/c1-3-13-9(12)5-4-7-11(2)8-6-10/h4-5H,3,6-8,10H2,1-2H3/b5-4+. The van der Waals surface area contributed by atoms with Crippen LogP contribution in [-0.2, 0) is 9.53 Å². The average molecular weight is 186 g/mol. The van der Waals surface area contributed by atoms with Crippen LogP contribution in [0.15, 0.2) is 12.2 Å². The van der Waals surface area contributed by atoms with Crippen molar-refractivity contribution in [3.8, 4) is 0 Å². The molecular formula is C9H18N2O2. The first-order valence-corrected chi connectivity index (χ1v) is 4.42. The van der Waals surface area contributed by atoms with Crippen LogP contribution in [0.5, 0.6) is 0 Å². The summed E-state index contributed by atoms with van der Waals surface area (Å²) in [7, 11) is 1.95. The fourth-order valence-electron chi connectivity index (χ4n) is 0.831. The van der Waals surface area contributed by atoms with E-state index in [4.69, 9.17) is 10.5 Å². The van der Waals surface area contributed by atoms with Gasteiger partial charge in [-0.15, -0.1) is 0 Å². The van der Waals surface area contributed by atoms with Crippen molar-refractivity contribution in [3.05, 3.63) is 12.2 Å². The van der Waals surface area contributed by atoms with Crippen molar-refractivity contribution in [2.75, 3.05) is 33.3 Å². The maximum absolute atomic E-state index is 10.8. The second-order valence-corrected chi connectivity index (χ2v) is 2.71. The molecule has 0 aromatic rings. The number of hydrogen-bond acceptors (Lipinski definition) is 4. The van der Waals surface area contributed by atoms with Crippen molar-refractivity contribution in [1.82, 2.24) is 4.90 Å². The largest absolute Gasteiger partial charge is 0.463 e. The van der Waals surface area contributed by atoms with E-state index in [1.54, 1.807) is 13.0 Å². The van der Waals surface area contributed by atoms with Gasteiger partial charge in [-0.05, 0) is 14.0 Å². The molecule has 0 heterocycles. The Hall–Kier alpha value is -0.870. The number of rotatable bonds is 6. The minimum atomic E-state index is -0.288. The van der Waals surface area contributed by atoms with Crippen molar-refractivity contribution in [3.63, 3.8) is 0 Å². The van der Waals surface area contributed by atoms with Gasteiger partial charge in [-0.2, -0.15) is 0 Å². The first kappa shape index (κ1) is 12.1. The van der Waals surface area contributed by atoms with Crippen molar-refractivity contribution < 1.29 is 9.53 Å². The molecule has 0 aromatic carbocycles. The Morgan fingerprint density at radius 2 is 2.31 bits per heavy atom. The molecular weight excluding hydrogens is 168 g/mol. The van der Waals surface area contributed by atoms with E-state index in [-0.39, 0.29) is 5.97 Å². The van der Waals surface area contributed by atoms with E-state index in [1.165, 1.54) is 6.08 Å². The molecule has 0 unspecified atom stereocenters. The molecule has 0 bridgehead atoms. The minimum Gasteiger partial charge on any atom is -0.463 e. The number of ether oxygens (including phenoxy) is 1. The molecule has 0 radical (unpaired) electrons. The highest BCUT2D eigenvalue weighted by Crippen LogP contribution is 1.84. The van der Waals surface area contributed by atoms with Gasteiger partial charge < -0.3 is 15.4 Å². The predicted molar refractivity (Wildman–Crippen MR) is 52.3 cm³/mol. The van der Waals surface area contributed by atoms with Crippen LogP contribution >= 0.6 is 0 Å². The summed E-state index contributed by atoms with van der Waals surface area (Å²) in [5, 5.41) is 0. The number of carbonyl (C=O) groups excluding carboxylic acids is 1. The smallest absolute Gasteiger partial charge is 0.330 e. The van der Waals surface area contributed by atoms with Gasteiger partial charge in [0, 0.05) is 25.7 Å². The third kappa shape index (κ3) is 7.49. The lowest BCUT2D eigenvalue weighted by Crippen LogP contribution is -2.25. The van der Waals surface area contributed by atoms with E-state index >= 15 is 0 Å². The van der Waals surface area contributed by atoms with Crippen LogP contribution in [0.25, 0.3) is 0 Å². The van der Waals surface area contributed by atoms with Gasteiger partial charge in [0.25, 0.3) is 0 Å². The molecule has 0 aromatic heterocycles. The fraction of sp³-hybridized carbons (Fsp3) is 0.667. The van der Waals surface area contributed by atoms with E-state index in [0.29, 0.717) is 13.2 Å². The molecule has 0 saturated heterocycles. The van der Waals surface area contributed by atoms with E-state index in [1.807, 2.05) is 11.9 Å². The summed E-state index contributed by atoms with van der Waals surface area (Å²) in [5.41, 5.74) is 5.35. The highest BCUT2D eigenvalue weighted by atomic mass is 16.5. The van der Waals surface area contributed by atoms with Gasteiger partial charge >= 0.3 is 5.97 Å². The monoisotopic (exact) mass is 186 g/mol. The first-order chi connectivity index (χ1) is 6.20. The Labute approximate surface area is 79.3 Å². The van der Waals surface area contributed by atoms with Gasteiger partial charge in [0.1, 0.15) is 0 Å². The van der Waals surface area contributed by atoms with Crippen LogP contribution in [0.2, 0.25) is 0 Å². The molecule has 4 heteroatoms. The van der Waals surface area contributed by atoms with Crippen LogP contribution in [0.1, 0.15) is 6.92 Å². The quantitative estimate of drug-likeness (QED) is 0.468. The summed E-state index contributed by atoms with van der Waals surface area (Å²) in [6.07, 6.45) is 3.21. The molecule has 0 fully saturated rings. The average Bonchev–Trinajstić information content (AvgIpc) is 2.05. The normalized spacial score (nSPS) is 11.1. The lowest BCUT2D eigenvalue weighted by molar-refractivity contribution is -0.137. The summed E-state index contributed by atoms with van der Waals surface area (Å²) >= 11 is 0. The molecule has 76 valence electrons. The van der Waals surface area contributed by atoms with E-state index < -0.39 is 0 Å². The summed E-state index contributed by atoms with van der Waals surface area (Å²) < 4.78 is 4.71. The third-order valence-electron chi connectivity index (χ3n) is 1.47. The molecule has 0 aliphatic carbocycles. The Balaban J connectivity index is 3.55. The van der Waals surface area contributed by atoms with Crippen LogP contribution in [0, 0.1) is 0 Å². The molecule has 0 aliphatic heterocycles. The third-order valence-corrected chi connectivity index (χ3v) is 1.47. The first-order valence-electron chi connectivity index (χ1n) is 4.42. The van der Waals surface area contributed by atoms with Crippen molar-refractivity contribution in [2.45, 2.75) is 6.92 Å². The van der Waals surface area contributed by atoms with Gasteiger partial charge in [0.2, 0.25) is 0 Å².